The van der Waals surface area contributed by atoms with E-state index in [-0.39, 0.29) is 56.0 Å². The van der Waals surface area contributed by atoms with Crippen molar-refractivity contribution in [1.29, 1.82) is 0 Å². The smallest absolute Gasteiger partial charge is 0.414 e. The molecule has 5 fully saturated rings. The first-order valence-corrected chi connectivity index (χ1v) is 25.9. The maximum Gasteiger partial charge on any atom is 0.414 e. The zero-order valence-corrected chi connectivity index (χ0v) is 44.6. The molecule has 5 aliphatic rings. The summed E-state index contributed by atoms with van der Waals surface area (Å²) in [5.74, 6) is -3.88. The Morgan fingerprint density at radius 2 is 1.65 bits per heavy atom. The summed E-state index contributed by atoms with van der Waals surface area (Å²) in [5, 5.41) is 62.6. The summed E-state index contributed by atoms with van der Waals surface area (Å²) in [6, 6.07) is 4.58. The van der Waals surface area contributed by atoms with Crippen molar-refractivity contribution in [2.45, 2.75) is 198 Å². The topological polar surface area (TPSA) is 239 Å². The molecule has 1 aromatic rings. The Morgan fingerprint density at radius 3 is 2.31 bits per heavy atom. The van der Waals surface area contributed by atoms with Crippen LogP contribution in [-0.2, 0) is 42.7 Å². The first-order chi connectivity index (χ1) is 33.6. The van der Waals surface area contributed by atoms with E-state index in [1.165, 1.54) is 37.1 Å². The Morgan fingerprint density at radius 1 is 0.958 bits per heavy atom. The molecule has 0 bridgehead atoms. The first kappa shape index (κ1) is 58.1. The minimum absolute atomic E-state index is 0.0245. The van der Waals surface area contributed by atoms with Crippen molar-refractivity contribution >= 4 is 23.7 Å². The van der Waals surface area contributed by atoms with E-state index < -0.39 is 126 Å². The largest absolute Gasteiger partial charge is 0.459 e. The third kappa shape index (κ3) is 13.1. The maximum absolute atomic E-state index is 14.5. The summed E-state index contributed by atoms with van der Waals surface area (Å²) in [6.07, 6.45) is -10.2. The number of nitrogens with zero attached hydrogens (tertiary/aromatic N) is 3. The molecule has 21 atom stereocenters. The van der Waals surface area contributed by atoms with Crippen molar-refractivity contribution in [2.24, 2.45) is 29.6 Å². The summed E-state index contributed by atoms with van der Waals surface area (Å²) in [4.78, 5) is 45.6. The third-order valence-corrected chi connectivity index (χ3v) is 16.4. The molecule has 1 saturated carbocycles. The van der Waals surface area contributed by atoms with Gasteiger partial charge < -0.3 is 73.8 Å². The number of hydrogen-bond donors (Lipinski definition) is 6. The van der Waals surface area contributed by atoms with Gasteiger partial charge in [0.25, 0.3) is 0 Å². The van der Waals surface area contributed by atoms with Crippen LogP contribution in [0.2, 0.25) is 0 Å². The molecule has 4 saturated heterocycles. The zero-order chi connectivity index (χ0) is 53.4. The lowest BCUT2D eigenvalue weighted by atomic mass is 9.77. The molecular formula is C52H85FN4O15. The van der Waals surface area contributed by atoms with Crippen molar-refractivity contribution in [3.63, 3.8) is 0 Å². The maximum atomic E-state index is 14.5. The number of likely N-dealkylation sites (N-methyl/N-ethyl adjacent to an activating group) is 2. The molecule has 20 heteroatoms. The van der Waals surface area contributed by atoms with E-state index in [1.54, 1.807) is 54.5 Å². The Balaban J connectivity index is 1.21. The van der Waals surface area contributed by atoms with Gasteiger partial charge in [0, 0.05) is 50.5 Å². The van der Waals surface area contributed by atoms with Gasteiger partial charge in [-0.3, -0.25) is 14.5 Å². The molecule has 72 heavy (non-hydrogen) atoms. The normalized spacial score (nSPS) is 43.9. The number of cyclic esters (lactones) is 2. The van der Waals surface area contributed by atoms with E-state index in [1.807, 2.05) is 37.7 Å². The van der Waals surface area contributed by atoms with Crippen LogP contribution in [0.1, 0.15) is 101 Å². The molecule has 0 spiro atoms. The van der Waals surface area contributed by atoms with Gasteiger partial charge in [-0.2, -0.15) is 0 Å². The molecule has 6 N–H and O–H groups in total. The number of rotatable bonds is 13. The fourth-order valence-electron chi connectivity index (χ4n) is 11.8. The van der Waals surface area contributed by atoms with Gasteiger partial charge >= 0.3 is 12.1 Å². The SMILES string of the molecule is CC[C@H]1OC(=O)[C@H](C)[C@@H](O[C@H]2C[C@@](C)(OC)[C@@H](O)[C@H](C)O2)[C@H](C)[C@@H](O[C@@H]2O[C@H](C)C[C@H](N(C)C[C@@H]3C[C@H]3C(=O)NC[C@H]3CN(c4cccc(F)c4)C(=O)O3)[C@H]2O)[C@](C)(O)C[C@@H](C)CN(C)[C@H](C)[C@@H](O)[C@]1(C)O. The Bertz CT molecular complexity index is 2000. The second-order valence-electron chi connectivity index (χ2n) is 22.6. The van der Waals surface area contributed by atoms with Crippen molar-refractivity contribution in [3.8, 4) is 0 Å². The highest BCUT2D eigenvalue weighted by Gasteiger charge is 2.54. The predicted molar refractivity (Wildman–Crippen MR) is 262 cm³/mol. The summed E-state index contributed by atoms with van der Waals surface area (Å²) >= 11 is 0. The number of ether oxygens (including phenoxy) is 7. The van der Waals surface area contributed by atoms with Crippen LogP contribution in [0.3, 0.4) is 0 Å². The van der Waals surface area contributed by atoms with Crippen LogP contribution in [0, 0.1) is 35.4 Å². The van der Waals surface area contributed by atoms with Crippen LogP contribution in [0.5, 0.6) is 0 Å². The Hall–Kier alpha value is -3.12. The molecule has 4 aliphatic heterocycles. The second kappa shape index (κ2) is 23.4. The van der Waals surface area contributed by atoms with E-state index >= 15 is 0 Å². The van der Waals surface area contributed by atoms with Crippen molar-refractivity contribution in [2.75, 3.05) is 52.3 Å². The van der Waals surface area contributed by atoms with Crippen molar-refractivity contribution in [3.05, 3.63) is 30.1 Å². The quantitative estimate of drug-likeness (QED) is 0.156. The molecule has 410 valence electrons. The second-order valence-corrected chi connectivity index (χ2v) is 22.6. The highest BCUT2D eigenvalue weighted by Crippen LogP contribution is 2.43. The fraction of sp³-hybridized carbons (Fsp3) is 0.827. The van der Waals surface area contributed by atoms with Crippen molar-refractivity contribution < 1.29 is 77.5 Å². The van der Waals surface area contributed by atoms with Gasteiger partial charge in [-0.25, -0.2) is 9.18 Å². The number of carbonyl (C=O) groups excluding carboxylic acids is 3. The van der Waals surface area contributed by atoms with Crippen LogP contribution in [0.25, 0.3) is 0 Å². The third-order valence-electron chi connectivity index (χ3n) is 16.4. The number of aliphatic hydroxyl groups excluding tert-OH is 3. The lowest BCUT2D eigenvalue weighted by Crippen LogP contribution is -2.61. The van der Waals surface area contributed by atoms with Crippen LogP contribution < -0.4 is 10.2 Å². The lowest BCUT2D eigenvalue weighted by Gasteiger charge is -2.49. The monoisotopic (exact) mass is 1020 g/mol. The molecule has 1 aliphatic carbocycles. The predicted octanol–water partition coefficient (Wildman–Crippen LogP) is 3.19. The van der Waals surface area contributed by atoms with Crippen LogP contribution in [0.15, 0.2) is 24.3 Å². The number of amides is 2. The van der Waals surface area contributed by atoms with Gasteiger partial charge in [0.05, 0.1) is 60.3 Å². The molecule has 19 nitrogen and oxygen atoms in total. The molecule has 0 aromatic heterocycles. The van der Waals surface area contributed by atoms with Gasteiger partial charge in [0.2, 0.25) is 5.91 Å². The van der Waals surface area contributed by atoms with E-state index in [4.69, 9.17) is 33.2 Å². The number of anilines is 1. The molecule has 6 rings (SSSR count). The number of esters is 1. The number of aliphatic hydroxyl groups is 5. The number of hydrogen-bond acceptors (Lipinski definition) is 17. The number of halogens is 1. The van der Waals surface area contributed by atoms with Crippen LogP contribution in [0.4, 0.5) is 14.9 Å². The molecule has 1 aromatic carbocycles. The van der Waals surface area contributed by atoms with E-state index in [0.29, 0.717) is 31.6 Å². The molecular weight excluding hydrogens is 940 g/mol. The molecule has 2 amide bonds. The fourth-order valence-corrected chi connectivity index (χ4v) is 11.8. The number of nitrogens with one attached hydrogen (secondary N) is 1. The average Bonchev–Trinajstić information content (AvgIpc) is 3.98. The molecule has 4 heterocycles. The first-order valence-electron chi connectivity index (χ1n) is 25.9. The van der Waals surface area contributed by atoms with E-state index in [0.717, 1.165) is 0 Å². The van der Waals surface area contributed by atoms with E-state index in [2.05, 4.69) is 5.32 Å². The van der Waals surface area contributed by atoms with E-state index in [9.17, 15) is 44.3 Å². The number of methoxy groups -OCH3 is 1. The van der Waals surface area contributed by atoms with Crippen LogP contribution in [-0.4, -0.2) is 197 Å². The highest BCUT2D eigenvalue weighted by molar-refractivity contribution is 5.90. The summed E-state index contributed by atoms with van der Waals surface area (Å²) in [5.41, 5.74) is -4.24. The number of carbonyl (C=O) groups is 3. The molecule has 0 unspecified atom stereocenters. The van der Waals surface area contributed by atoms with Gasteiger partial charge in [-0.05, 0) is 118 Å². The van der Waals surface area contributed by atoms with Gasteiger partial charge in [-0.1, -0.05) is 26.8 Å². The minimum Gasteiger partial charge on any atom is -0.459 e. The average molecular weight is 1030 g/mol. The van der Waals surface area contributed by atoms with Gasteiger partial charge in [0.15, 0.2) is 12.6 Å². The Labute approximate surface area is 424 Å². The minimum atomic E-state index is -1.86. The van der Waals surface area contributed by atoms with Gasteiger partial charge in [-0.15, -0.1) is 0 Å². The summed E-state index contributed by atoms with van der Waals surface area (Å²) in [6.45, 7) is 18.4. The molecule has 0 radical (unpaired) electrons. The van der Waals surface area contributed by atoms with Crippen molar-refractivity contribution in [1.82, 2.24) is 15.1 Å². The van der Waals surface area contributed by atoms with Gasteiger partial charge in [0.1, 0.15) is 41.9 Å². The lowest BCUT2D eigenvalue weighted by molar-refractivity contribution is -0.318. The summed E-state index contributed by atoms with van der Waals surface area (Å²) in [7, 11) is 5.18. The standard InChI is InChI=1S/C52H85FN4O15/c1-14-39-52(10,65)43(59)31(6)55(11)24-27(2)21-50(8,64)45(29(4)42(30(5)47(62)70-39)71-40-22-51(9,66-13)44(60)32(7)68-40)72-48-41(58)38(18-28(3)67-48)56(12)25-33-19-37(33)46(61)54-23-36-26-57(49(63)69-36)35-17-15-16-34(53)20-35/h15-17,20,27-33,36-45,48,58-60,64-65H,14,18-19,21-26H2,1-13H3,(H,54,61)/t27-,28-,29+,30-,31-,32+,33+,36+,37-,38+,39-,40+,41-,42+,43-,44+,45-,48+,50-,51-,52-/m1/s1. The Kier molecular flexibility index (Phi) is 18.9. The zero-order valence-electron chi connectivity index (χ0n) is 44.6. The highest BCUT2D eigenvalue weighted by atomic mass is 19.1. The summed E-state index contributed by atoms with van der Waals surface area (Å²) < 4.78 is 57.5. The van der Waals surface area contributed by atoms with Crippen LogP contribution >= 0.6 is 0 Å². The number of benzene rings is 1.